The summed E-state index contributed by atoms with van der Waals surface area (Å²) in [6.07, 6.45) is 4.92. The molecule has 1 amide bonds. The molecule has 0 bridgehead atoms. The van der Waals surface area contributed by atoms with Crippen molar-refractivity contribution in [3.05, 3.63) is 33.4 Å². The third-order valence-electron chi connectivity index (χ3n) is 2.75. The van der Waals surface area contributed by atoms with E-state index in [1.165, 1.54) is 9.13 Å². The Labute approximate surface area is 123 Å². The Morgan fingerprint density at radius 1 is 1.17 bits per heavy atom. The molecule has 1 rings (SSSR count). The highest BCUT2D eigenvalue weighted by Gasteiger charge is 2.00. The van der Waals surface area contributed by atoms with E-state index in [1.807, 2.05) is 0 Å². The molecule has 1 aromatic rings. The molecule has 100 valence electrons. The molecule has 0 heterocycles. The molecule has 3 nitrogen and oxygen atoms in total. The summed E-state index contributed by atoms with van der Waals surface area (Å²) in [6.45, 7) is 1.10. The number of unbranched alkanes of at least 4 members (excludes halogenated alkanes) is 2. The van der Waals surface area contributed by atoms with Gasteiger partial charge in [0, 0.05) is 23.1 Å². The fourth-order valence-electron chi connectivity index (χ4n) is 1.74. The zero-order valence-electron chi connectivity index (χ0n) is 10.6. The fraction of sp³-hybridized carbons (Fsp3) is 0.500. The number of nitrogens with two attached hydrogens (primary N) is 1. The molecule has 0 spiro atoms. The first-order chi connectivity index (χ1) is 8.72. The molecule has 1 aromatic carbocycles. The number of rotatable bonds is 8. The zero-order chi connectivity index (χ0) is 13.2. The molecular weight excluding hydrogens is 339 g/mol. The molecule has 4 heteroatoms. The topological polar surface area (TPSA) is 55.1 Å². The molecule has 0 aliphatic heterocycles. The average molecular weight is 360 g/mol. The van der Waals surface area contributed by atoms with Crippen molar-refractivity contribution in [2.24, 2.45) is 5.73 Å². The molecular formula is C14H21IN2O. The minimum absolute atomic E-state index is 0.120. The number of carbonyl (C=O) groups excluding carboxylic acids is 1. The second kappa shape index (κ2) is 9.33. The molecule has 0 radical (unpaired) electrons. The van der Waals surface area contributed by atoms with Crippen LogP contribution in [0.3, 0.4) is 0 Å². The van der Waals surface area contributed by atoms with Crippen molar-refractivity contribution in [1.82, 2.24) is 5.32 Å². The van der Waals surface area contributed by atoms with Gasteiger partial charge in [0.2, 0.25) is 5.91 Å². The molecule has 0 fully saturated rings. The predicted molar refractivity (Wildman–Crippen MR) is 83.4 cm³/mol. The van der Waals surface area contributed by atoms with E-state index in [2.05, 4.69) is 52.2 Å². The Kier molecular flexibility index (Phi) is 8.00. The van der Waals surface area contributed by atoms with E-state index < -0.39 is 0 Å². The van der Waals surface area contributed by atoms with Gasteiger partial charge in [0.25, 0.3) is 0 Å². The summed E-state index contributed by atoms with van der Waals surface area (Å²) < 4.78 is 1.27. The molecule has 3 N–H and O–H groups in total. The number of nitrogens with one attached hydrogen (secondary N) is 1. The Morgan fingerprint density at radius 2 is 1.89 bits per heavy atom. The van der Waals surface area contributed by atoms with Crippen molar-refractivity contribution in [3.8, 4) is 0 Å². The molecule has 0 saturated heterocycles. The lowest BCUT2D eigenvalue weighted by Gasteiger charge is -2.04. The summed E-state index contributed by atoms with van der Waals surface area (Å²) >= 11 is 2.31. The molecule has 0 aliphatic carbocycles. The standard InChI is InChI=1S/C14H21IN2O/c15-13-8-6-12(7-9-13)4-2-1-3-5-14(18)17-11-10-16/h6-9H,1-5,10-11,16H2,(H,17,18). The van der Waals surface area contributed by atoms with Gasteiger partial charge in [-0.3, -0.25) is 4.79 Å². The maximum atomic E-state index is 11.3. The van der Waals surface area contributed by atoms with Gasteiger partial charge in [-0.25, -0.2) is 0 Å². The van der Waals surface area contributed by atoms with E-state index >= 15 is 0 Å². The molecule has 0 unspecified atom stereocenters. The van der Waals surface area contributed by atoms with Crippen LogP contribution in [-0.4, -0.2) is 19.0 Å². The highest BCUT2D eigenvalue weighted by molar-refractivity contribution is 14.1. The van der Waals surface area contributed by atoms with Crippen LogP contribution in [0.5, 0.6) is 0 Å². The Balaban J connectivity index is 2.05. The second-order valence-electron chi connectivity index (χ2n) is 4.33. The van der Waals surface area contributed by atoms with Gasteiger partial charge < -0.3 is 11.1 Å². The van der Waals surface area contributed by atoms with E-state index in [0.29, 0.717) is 19.5 Å². The second-order valence-corrected chi connectivity index (χ2v) is 5.57. The molecule has 0 aromatic heterocycles. The molecule has 0 atom stereocenters. The maximum absolute atomic E-state index is 11.3. The van der Waals surface area contributed by atoms with Crippen molar-refractivity contribution in [1.29, 1.82) is 0 Å². The van der Waals surface area contributed by atoms with Crippen LogP contribution in [0.1, 0.15) is 31.2 Å². The number of amides is 1. The summed E-state index contributed by atoms with van der Waals surface area (Å²) in [5.74, 6) is 0.120. The van der Waals surface area contributed by atoms with E-state index in [4.69, 9.17) is 5.73 Å². The number of benzene rings is 1. The lowest BCUT2D eigenvalue weighted by Crippen LogP contribution is -2.28. The first-order valence-corrected chi connectivity index (χ1v) is 7.51. The molecule has 0 saturated carbocycles. The van der Waals surface area contributed by atoms with Crippen molar-refractivity contribution >= 4 is 28.5 Å². The van der Waals surface area contributed by atoms with Gasteiger partial charge >= 0.3 is 0 Å². The van der Waals surface area contributed by atoms with Crippen LogP contribution in [0.2, 0.25) is 0 Å². The maximum Gasteiger partial charge on any atom is 0.220 e. The van der Waals surface area contributed by atoms with Crippen LogP contribution >= 0.6 is 22.6 Å². The van der Waals surface area contributed by atoms with Crippen LogP contribution in [0, 0.1) is 3.57 Å². The number of hydrogen-bond donors (Lipinski definition) is 2. The minimum Gasteiger partial charge on any atom is -0.355 e. The fourth-order valence-corrected chi connectivity index (χ4v) is 2.10. The van der Waals surface area contributed by atoms with Gasteiger partial charge in [-0.15, -0.1) is 0 Å². The minimum atomic E-state index is 0.120. The number of aryl methyl sites for hydroxylation is 1. The van der Waals surface area contributed by atoms with Crippen molar-refractivity contribution in [3.63, 3.8) is 0 Å². The third kappa shape index (κ3) is 6.96. The van der Waals surface area contributed by atoms with Gasteiger partial charge in [-0.2, -0.15) is 0 Å². The Morgan fingerprint density at radius 3 is 2.56 bits per heavy atom. The quantitative estimate of drug-likeness (QED) is 0.553. The summed E-state index contributed by atoms with van der Waals surface area (Å²) in [5.41, 5.74) is 6.69. The van der Waals surface area contributed by atoms with Crippen LogP contribution < -0.4 is 11.1 Å². The van der Waals surface area contributed by atoms with Crippen molar-refractivity contribution < 1.29 is 4.79 Å². The Hall–Kier alpha value is -0.620. The smallest absolute Gasteiger partial charge is 0.220 e. The van der Waals surface area contributed by atoms with E-state index in [9.17, 15) is 4.79 Å². The van der Waals surface area contributed by atoms with Crippen molar-refractivity contribution in [2.45, 2.75) is 32.1 Å². The van der Waals surface area contributed by atoms with Crippen molar-refractivity contribution in [2.75, 3.05) is 13.1 Å². The van der Waals surface area contributed by atoms with Crippen LogP contribution in [0.25, 0.3) is 0 Å². The monoisotopic (exact) mass is 360 g/mol. The summed E-state index contributed by atoms with van der Waals surface area (Å²) in [4.78, 5) is 11.3. The van der Waals surface area contributed by atoms with Gasteiger partial charge in [0.15, 0.2) is 0 Å². The highest BCUT2D eigenvalue weighted by Crippen LogP contribution is 2.10. The van der Waals surface area contributed by atoms with Gasteiger partial charge in [0.1, 0.15) is 0 Å². The number of halogens is 1. The van der Waals surface area contributed by atoms with Crippen LogP contribution in [0.15, 0.2) is 24.3 Å². The van der Waals surface area contributed by atoms with E-state index in [1.54, 1.807) is 0 Å². The zero-order valence-corrected chi connectivity index (χ0v) is 12.8. The first kappa shape index (κ1) is 15.4. The SMILES string of the molecule is NCCNC(=O)CCCCCc1ccc(I)cc1. The number of carbonyl (C=O) groups is 1. The lowest BCUT2D eigenvalue weighted by molar-refractivity contribution is -0.121. The number of hydrogen-bond acceptors (Lipinski definition) is 2. The largest absolute Gasteiger partial charge is 0.355 e. The Bertz CT molecular complexity index is 351. The third-order valence-corrected chi connectivity index (χ3v) is 3.47. The van der Waals surface area contributed by atoms with E-state index in [-0.39, 0.29) is 5.91 Å². The van der Waals surface area contributed by atoms with Crippen LogP contribution in [0.4, 0.5) is 0 Å². The summed E-state index contributed by atoms with van der Waals surface area (Å²) in [6, 6.07) is 8.62. The lowest BCUT2D eigenvalue weighted by atomic mass is 10.1. The van der Waals surface area contributed by atoms with Gasteiger partial charge in [-0.1, -0.05) is 18.6 Å². The average Bonchev–Trinajstić information content (AvgIpc) is 2.38. The normalized spacial score (nSPS) is 10.3. The van der Waals surface area contributed by atoms with E-state index in [0.717, 1.165) is 25.7 Å². The van der Waals surface area contributed by atoms with Crippen LogP contribution in [-0.2, 0) is 11.2 Å². The summed E-state index contributed by atoms with van der Waals surface area (Å²) in [7, 11) is 0. The predicted octanol–water partition coefficient (Wildman–Crippen LogP) is 2.47. The molecule has 0 aliphatic rings. The van der Waals surface area contributed by atoms with Gasteiger partial charge in [-0.05, 0) is 59.5 Å². The summed E-state index contributed by atoms with van der Waals surface area (Å²) in [5, 5.41) is 2.78. The first-order valence-electron chi connectivity index (χ1n) is 6.43. The van der Waals surface area contributed by atoms with Gasteiger partial charge in [0.05, 0.1) is 0 Å². The highest BCUT2D eigenvalue weighted by atomic mass is 127. The molecule has 18 heavy (non-hydrogen) atoms.